The van der Waals surface area contributed by atoms with E-state index in [2.05, 4.69) is 31.9 Å². The number of piperidine rings is 1. The number of sulfonamides is 1. The molecule has 1 aliphatic rings. The maximum atomic E-state index is 12.7. The average Bonchev–Trinajstić information content (AvgIpc) is 2.41. The van der Waals surface area contributed by atoms with Gasteiger partial charge in [-0.1, -0.05) is 15.9 Å². The van der Waals surface area contributed by atoms with Gasteiger partial charge in [-0.3, -0.25) is 0 Å². The van der Waals surface area contributed by atoms with E-state index in [0.29, 0.717) is 28.4 Å². The molecule has 1 heterocycles. The first-order valence-corrected chi connectivity index (χ1v) is 9.56. The van der Waals surface area contributed by atoms with Crippen LogP contribution in [0, 0.1) is 5.92 Å². The summed E-state index contributed by atoms with van der Waals surface area (Å²) in [6.45, 7) is 3.06. The van der Waals surface area contributed by atoms with Crippen molar-refractivity contribution in [2.75, 3.05) is 13.1 Å². The van der Waals surface area contributed by atoms with Crippen molar-refractivity contribution in [2.24, 2.45) is 11.7 Å². The molecule has 1 fully saturated rings. The smallest absolute Gasteiger partial charge is 0.244 e. The highest BCUT2D eigenvalue weighted by Crippen LogP contribution is 2.31. The summed E-state index contributed by atoms with van der Waals surface area (Å²) in [6, 6.07) is 5.31. The number of halogens is 2. The Morgan fingerprint density at radius 1 is 1.30 bits per heavy atom. The van der Waals surface area contributed by atoms with E-state index in [0.717, 1.165) is 17.3 Å². The largest absolute Gasteiger partial charge is 0.328 e. The number of nitrogens with two attached hydrogens (primary N) is 1. The SMILES string of the molecule is CC(N)C1CCN(S(=O)(=O)c2cc(Br)ccc2Br)CC1. The van der Waals surface area contributed by atoms with E-state index in [1.54, 1.807) is 16.4 Å². The molecule has 4 nitrogen and oxygen atoms in total. The molecule has 0 amide bonds. The summed E-state index contributed by atoms with van der Waals surface area (Å²) in [7, 11) is -3.45. The molecule has 2 rings (SSSR count). The third-order valence-corrected chi connectivity index (χ3v) is 7.14. The topological polar surface area (TPSA) is 63.4 Å². The van der Waals surface area contributed by atoms with E-state index in [9.17, 15) is 8.42 Å². The van der Waals surface area contributed by atoms with Gasteiger partial charge < -0.3 is 5.73 Å². The second-order valence-electron chi connectivity index (χ2n) is 5.18. The van der Waals surface area contributed by atoms with Crippen molar-refractivity contribution in [1.29, 1.82) is 0 Å². The molecule has 0 saturated carbocycles. The molecule has 0 bridgehead atoms. The first-order chi connectivity index (χ1) is 9.32. The quantitative estimate of drug-likeness (QED) is 0.809. The van der Waals surface area contributed by atoms with Crippen LogP contribution < -0.4 is 5.73 Å². The van der Waals surface area contributed by atoms with Gasteiger partial charge in [0, 0.05) is 28.1 Å². The molecule has 20 heavy (non-hydrogen) atoms. The first kappa shape index (κ1) is 16.4. The fourth-order valence-corrected chi connectivity index (χ4v) is 5.39. The van der Waals surface area contributed by atoms with Crippen LogP contribution in [0.15, 0.2) is 32.0 Å². The van der Waals surface area contributed by atoms with Gasteiger partial charge in [-0.2, -0.15) is 4.31 Å². The van der Waals surface area contributed by atoms with Gasteiger partial charge >= 0.3 is 0 Å². The number of benzene rings is 1. The Bertz CT molecular complexity index is 582. The molecule has 112 valence electrons. The third kappa shape index (κ3) is 3.44. The van der Waals surface area contributed by atoms with E-state index in [1.165, 1.54) is 0 Å². The standard InChI is InChI=1S/C13H18Br2N2O2S/c1-9(16)10-4-6-17(7-5-10)20(18,19)13-8-11(14)2-3-12(13)15/h2-3,8-10H,4-7,16H2,1H3. The molecule has 0 radical (unpaired) electrons. The lowest BCUT2D eigenvalue weighted by Gasteiger charge is -2.33. The summed E-state index contributed by atoms with van der Waals surface area (Å²) in [4.78, 5) is 0.311. The number of rotatable bonds is 3. The minimum atomic E-state index is -3.45. The molecule has 1 aliphatic heterocycles. The first-order valence-electron chi connectivity index (χ1n) is 6.53. The third-order valence-electron chi connectivity index (χ3n) is 3.75. The van der Waals surface area contributed by atoms with Crippen molar-refractivity contribution in [2.45, 2.75) is 30.7 Å². The summed E-state index contributed by atoms with van der Waals surface area (Å²) in [6.07, 6.45) is 1.64. The maximum absolute atomic E-state index is 12.7. The van der Waals surface area contributed by atoms with Crippen molar-refractivity contribution in [3.63, 3.8) is 0 Å². The van der Waals surface area contributed by atoms with Crippen molar-refractivity contribution in [1.82, 2.24) is 4.31 Å². The normalized spacial score (nSPS) is 20.0. The minimum absolute atomic E-state index is 0.123. The van der Waals surface area contributed by atoms with Gasteiger partial charge in [-0.15, -0.1) is 0 Å². The molecule has 1 saturated heterocycles. The molecular formula is C13H18Br2N2O2S. The fourth-order valence-electron chi connectivity index (χ4n) is 2.46. The zero-order valence-corrected chi connectivity index (χ0v) is 15.2. The molecule has 2 N–H and O–H groups in total. The van der Waals surface area contributed by atoms with Crippen molar-refractivity contribution in [3.05, 3.63) is 27.1 Å². The summed E-state index contributed by atoms with van der Waals surface area (Å²) < 4.78 is 28.3. The molecule has 1 aromatic rings. The highest BCUT2D eigenvalue weighted by molar-refractivity contribution is 9.11. The molecule has 7 heteroatoms. The van der Waals surface area contributed by atoms with Crippen LogP contribution in [0.2, 0.25) is 0 Å². The Morgan fingerprint density at radius 2 is 1.90 bits per heavy atom. The molecule has 1 unspecified atom stereocenters. The maximum Gasteiger partial charge on any atom is 0.244 e. The number of hydrogen-bond donors (Lipinski definition) is 1. The average molecular weight is 426 g/mol. The van der Waals surface area contributed by atoms with Crippen LogP contribution in [0.25, 0.3) is 0 Å². The van der Waals surface area contributed by atoms with Crippen molar-refractivity contribution >= 4 is 41.9 Å². The Kier molecular flexibility index (Phi) is 5.29. The molecule has 0 spiro atoms. The minimum Gasteiger partial charge on any atom is -0.328 e. The summed E-state index contributed by atoms with van der Waals surface area (Å²) in [5, 5.41) is 0. The zero-order chi connectivity index (χ0) is 14.9. The van der Waals surface area contributed by atoms with E-state index in [4.69, 9.17) is 5.73 Å². The monoisotopic (exact) mass is 424 g/mol. The number of hydrogen-bond acceptors (Lipinski definition) is 3. The molecule has 1 aromatic carbocycles. The second-order valence-corrected chi connectivity index (χ2v) is 8.85. The zero-order valence-electron chi connectivity index (χ0n) is 11.2. The van der Waals surface area contributed by atoms with Gasteiger partial charge in [0.25, 0.3) is 0 Å². The van der Waals surface area contributed by atoms with Gasteiger partial charge in [-0.05, 0) is 59.8 Å². The lowest BCUT2D eigenvalue weighted by molar-refractivity contribution is 0.250. The summed E-state index contributed by atoms with van der Waals surface area (Å²) in [5.41, 5.74) is 5.90. The van der Waals surface area contributed by atoms with Crippen molar-refractivity contribution in [3.8, 4) is 0 Å². The second kappa shape index (κ2) is 6.44. The van der Waals surface area contributed by atoms with Crippen LogP contribution in [0.3, 0.4) is 0 Å². The van der Waals surface area contributed by atoms with Crippen molar-refractivity contribution < 1.29 is 8.42 Å². The van der Waals surface area contributed by atoms with E-state index in [-0.39, 0.29) is 6.04 Å². The van der Waals surface area contributed by atoms with Crippen LogP contribution in [0.5, 0.6) is 0 Å². The molecular weight excluding hydrogens is 408 g/mol. The Balaban J connectivity index is 2.22. The van der Waals surface area contributed by atoms with E-state index in [1.807, 2.05) is 13.0 Å². The van der Waals surface area contributed by atoms with Gasteiger partial charge in [-0.25, -0.2) is 8.42 Å². The lowest BCUT2D eigenvalue weighted by atomic mass is 9.92. The van der Waals surface area contributed by atoms with E-state index >= 15 is 0 Å². The highest BCUT2D eigenvalue weighted by Gasteiger charge is 2.31. The highest BCUT2D eigenvalue weighted by atomic mass is 79.9. The van der Waals surface area contributed by atoms with Crippen LogP contribution in [0.1, 0.15) is 19.8 Å². The molecule has 0 aromatic heterocycles. The van der Waals surface area contributed by atoms with E-state index < -0.39 is 10.0 Å². The number of nitrogens with zero attached hydrogens (tertiary/aromatic N) is 1. The van der Waals surface area contributed by atoms with Gasteiger partial charge in [0.2, 0.25) is 10.0 Å². The molecule has 1 atom stereocenters. The predicted octanol–water partition coefficient (Wildman–Crippen LogP) is 2.96. The predicted molar refractivity (Wildman–Crippen MR) is 87.0 cm³/mol. The Hall–Kier alpha value is 0.0500. The van der Waals surface area contributed by atoms with Gasteiger partial charge in [0.05, 0.1) is 4.90 Å². The molecule has 0 aliphatic carbocycles. The van der Waals surface area contributed by atoms with Gasteiger partial charge in [0.1, 0.15) is 0 Å². The van der Waals surface area contributed by atoms with Crippen LogP contribution >= 0.6 is 31.9 Å². The Morgan fingerprint density at radius 3 is 2.45 bits per heavy atom. The van der Waals surface area contributed by atoms with Gasteiger partial charge in [0.15, 0.2) is 0 Å². The lowest BCUT2D eigenvalue weighted by Crippen LogP contribution is -2.42. The fraction of sp³-hybridized carbons (Fsp3) is 0.538. The summed E-state index contributed by atoms with van der Waals surface area (Å²) >= 11 is 6.64. The Labute approximate surface area is 137 Å². The van der Waals surface area contributed by atoms with Crippen LogP contribution in [-0.2, 0) is 10.0 Å². The van der Waals surface area contributed by atoms with Crippen LogP contribution in [0.4, 0.5) is 0 Å². The van der Waals surface area contributed by atoms with Crippen LogP contribution in [-0.4, -0.2) is 31.9 Å². The summed E-state index contributed by atoms with van der Waals surface area (Å²) in [5.74, 6) is 0.410.